The second kappa shape index (κ2) is 9.58. The Kier molecular flexibility index (Phi) is 6.52. The summed E-state index contributed by atoms with van der Waals surface area (Å²) in [7, 11) is -3.66. The molecule has 2 atom stereocenters. The van der Waals surface area contributed by atoms with Crippen molar-refractivity contribution in [3.05, 3.63) is 76.8 Å². The third-order valence-electron chi connectivity index (χ3n) is 6.63. The highest BCUT2D eigenvalue weighted by Gasteiger charge is 2.39. The van der Waals surface area contributed by atoms with Crippen LogP contribution in [0.15, 0.2) is 59.5 Å². The quantitative estimate of drug-likeness (QED) is 0.523. The predicted molar refractivity (Wildman–Crippen MR) is 128 cm³/mol. The van der Waals surface area contributed by atoms with E-state index in [-0.39, 0.29) is 27.8 Å². The van der Waals surface area contributed by atoms with Crippen LogP contribution in [0.5, 0.6) is 0 Å². The Labute approximate surface area is 204 Å². The number of benzene rings is 2. The second-order valence-corrected chi connectivity index (χ2v) is 11.0. The van der Waals surface area contributed by atoms with Crippen molar-refractivity contribution in [3.63, 3.8) is 0 Å². The van der Waals surface area contributed by atoms with Gasteiger partial charge in [0, 0.05) is 32.0 Å². The minimum atomic E-state index is -3.66. The molecule has 1 amide bonds. The van der Waals surface area contributed by atoms with Gasteiger partial charge in [-0.15, -0.1) is 14.5 Å². The number of rotatable bonds is 6. The van der Waals surface area contributed by atoms with E-state index in [0.717, 1.165) is 17.2 Å². The summed E-state index contributed by atoms with van der Waals surface area (Å²) in [5.41, 5.74) is 1.05. The van der Waals surface area contributed by atoms with E-state index in [0.29, 0.717) is 45.3 Å². The van der Waals surface area contributed by atoms with E-state index in [2.05, 4.69) is 15.5 Å². The molecule has 34 heavy (non-hydrogen) atoms. The largest absolute Gasteiger partial charge is 0.593 e. The highest BCUT2D eigenvalue weighted by molar-refractivity contribution is 7.95. The number of aromatic nitrogens is 3. The molecule has 8 nitrogen and oxygen atoms in total. The number of hydrogen-bond donors (Lipinski definition) is 1. The van der Waals surface area contributed by atoms with E-state index in [1.807, 2.05) is 34.9 Å². The molecule has 1 saturated heterocycles. The van der Waals surface area contributed by atoms with Gasteiger partial charge in [0.05, 0.1) is 5.02 Å². The maximum atomic E-state index is 13.1. The van der Waals surface area contributed by atoms with Gasteiger partial charge >= 0.3 is 0 Å². The van der Waals surface area contributed by atoms with E-state index >= 15 is 0 Å². The molecule has 2 aliphatic heterocycles. The van der Waals surface area contributed by atoms with Crippen molar-refractivity contribution in [2.45, 2.75) is 49.1 Å². The second-order valence-electron chi connectivity index (χ2n) is 8.71. The molecule has 10 heteroatoms. The van der Waals surface area contributed by atoms with Crippen LogP contribution in [-0.2, 0) is 32.4 Å². The Morgan fingerprint density at radius 3 is 2.50 bits per heavy atom. The maximum absolute atomic E-state index is 13.1. The average molecular weight is 500 g/mol. The van der Waals surface area contributed by atoms with Gasteiger partial charge in [0.1, 0.15) is 17.7 Å². The summed E-state index contributed by atoms with van der Waals surface area (Å²) in [6, 6.07) is 16.0. The van der Waals surface area contributed by atoms with E-state index in [4.69, 9.17) is 11.6 Å². The van der Waals surface area contributed by atoms with Crippen molar-refractivity contribution in [1.29, 1.82) is 0 Å². The summed E-state index contributed by atoms with van der Waals surface area (Å²) < 4.78 is 29.6. The molecule has 2 unspecified atom stereocenters. The average Bonchev–Trinajstić information content (AvgIpc) is 3.46. The molecule has 178 valence electrons. The number of piperidine rings is 1. The summed E-state index contributed by atoms with van der Waals surface area (Å²) in [6.07, 6.45) is 2.62. The highest BCUT2D eigenvalue weighted by atomic mass is 35.5. The van der Waals surface area contributed by atoms with Crippen LogP contribution < -0.4 is 5.32 Å². The summed E-state index contributed by atoms with van der Waals surface area (Å²) in [5, 5.41) is 12.0. The van der Waals surface area contributed by atoms with Crippen molar-refractivity contribution >= 4 is 27.9 Å². The number of sulfonamides is 1. The molecule has 0 bridgehead atoms. The molecule has 1 N–H and O–H groups in total. The van der Waals surface area contributed by atoms with Gasteiger partial charge in [-0.25, -0.2) is 0 Å². The minimum absolute atomic E-state index is 0.0395. The van der Waals surface area contributed by atoms with Crippen LogP contribution in [0.2, 0.25) is 5.02 Å². The number of fused-ring (bicyclic) bond motifs is 1. The van der Waals surface area contributed by atoms with Gasteiger partial charge < -0.3 is 14.4 Å². The SMILES string of the molecule is O=C(NCc1ccccc1)C1CCc2nnc(C3CCN([S+](=O)([O-])c4ccccc4Cl)CC3)n21. The fourth-order valence-electron chi connectivity index (χ4n) is 4.82. The Morgan fingerprint density at radius 2 is 1.76 bits per heavy atom. The lowest BCUT2D eigenvalue weighted by Crippen LogP contribution is -2.42. The number of carbonyl (C=O) groups excluding carboxylic acids is 1. The zero-order chi connectivity index (χ0) is 23.7. The monoisotopic (exact) mass is 499 g/mol. The standard InChI is InChI=1S/C24H26ClN5O3S/c25-19-8-4-5-9-21(19)34(32,33)29-14-12-18(13-15-29)23-28-27-22-11-10-20(30(22)23)24(31)26-16-17-6-2-1-3-7-17/h1-9,18,20H,10-16H2,(H-,26,31,32,33). The summed E-state index contributed by atoms with van der Waals surface area (Å²) >= 11 is 6.15. The van der Waals surface area contributed by atoms with E-state index in [9.17, 15) is 13.6 Å². The topological polar surface area (TPSA) is 103 Å². The van der Waals surface area contributed by atoms with E-state index in [1.165, 1.54) is 10.4 Å². The highest BCUT2D eigenvalue weighted by Crippen LogP contribution is 2.37. The molecule has 1 fully saturated rings. The number of nitrogens with zero attached hydrogens (tertiary/aromatic N) is 4. The van der Waals surface area contributed by atoms with Crippen LogP contribution in [0.1, 0.15) is 48.4 Å². The first-order valence-corrected chi connectivity index (χ1v) is 13.3. The number of amides is 1. The van der Waals surface area contributed by atoms with Gasteiger partial charge in [0.25, 0.3) is 0 Å². The predicted octanol–water partition coefficient (Wildman–Crippen LogP) is 3.52. The van der Waals surface area contributed by atoms with E-state index < -0.39 is 10.4 Å². The summed E-state index contributed by atoms with van der Waals surface area (Å²) in [6.45, 7) is 1.21. The van der Waals surface area contributed by atoms with E-state index in [1.54, 1.807) is 18.2 Å². The van der Waals surface area contributed by atoms with Crippen molar-refractivity contribution in [1.82, 2.24) is 24.4 Å². The van der Waals surface area contributed by atoms with Gasteiger partial charge in [-0.05, 0) is 37.0 Å². The number of halogens is 1. The van der Waals surface area contributed by atoms with Crippen LogP contribution in [0.25, 0.3) is 0 Å². The fourth-order valence-corrected chi connectivity index (χ4v) is 6.78. The third-order valence-corrected chi connectivity index (χ3v) is 9.03. The van der Waals surface area contributed by atoms with Gasteiger partial charge in [0.15, 0.2) is 15.3 Å². The number of hydrogen-bond acceptors (Lipinski definition) is 5. The lowest BCUT2D eigenvalue weighted by molar-refractivity contribution is -0.124. The van der Waals surface area contributed by atoms with Crippen molar-refractivity contribution in [2.24, 2.45) is 0 Å². The van der Waals surface area contributed by atoms with Crippen LogP contribution in [0.4, 0.5) is 0 Å². The summed E-state index contributed by atoms with van der Waals surface area (Å²) in [4.78, 5) is 13.1. The van der Waals surface area contributed by atoms with Crippen LogP contribution >= 0.6 is 11.6 Å². The van der Waals surface area contributed by atoms with Gasteiger partial charge in [-0.3, -0.25) is 4.79 Å². The Bertz CT molecular complexity index is 1230. The maximum Gasteiger partial charge on any atom is 0.243 e. The number of carbonyl (C=O) groups is 1. The third kappa shape index (κ3) is 4.40. The van der Waals surface area contributed by atoms with Gasteiger partial charge in [0.2, 0.25) is 5.91 Å². The normalized spacial score (nSPS) is 20.6. The molecule has 0 saturated carbocycles. The molecule has 5 rings (SSSR count). The minimum Gasteiger partial charge on any atom is -0.593 e. The first kappa shape index (κ1) is 23.2. The van der Waals surface area contributed by atoms with Crippen LogP contribution in [0.3, 0.4) is 0 Å². The molecule has 3 heterocycles. The molecule has 0 aliphatic carbocycles. The van der Waals surface area contributed by atoms with Crippen LogP contribution in [-0.4, -0.2) is 42.6 Å². The van der Waals surface area contributed by atoms with Crippen molar-refractivity contribution < 1.29 is 13.6 Å². The molecule has 0 radical (unpaired) electrons. The van der Waals surface area contributed by atoms with Gasteiger partial charge in [-0.2, -0.15) is 0 Å². The Morgan fingerprint density at radius 1 is 1.06 bits per heavy atom. The van der Waals surface area contributed by atoms with Crippen molar-refractivity contribution in [2.75, 3.05) is 13.1 Å². The summed E-state index contributed by atoms with van der Waals surface area (Å²) in [5.74, 6) is 1.60. The molecule has 1 aromatic heterocycles. The zero-order valence-electron chi connectivity index (χ0n) is 18.6. The van der Waals surface area contributed by atoms with Gasteiger partial charge in [-0.1, -0.05) is 58.3 Å². The fraction of sp³-hybridized carbons (Fsp3) is 0.375. The molecular formula is C24H26ClN5O3S. The molecular weight excluding hydrogens is 474 g/mol. The van der Waals surface area contributed by atoms with Crippen molar-refractivity contribution in [3.8, 4) is 0 Å². The molecule has 0 spiro atoms. The Balaban J connectivity index is 1.27. The molecule has 2 aromatic carbocycles. The molecule has 2 aliphatic rings. The van der Waals surface area contributed by atoms with Crippen LogP contribution in [0, 0.1) is 0 Å². The first-order chi connectivity index (χ1) is 16.4. The lowest BCUT2D eigenvalue weighted by Gasteiger charge is -2.33. The Hall–Kier alpha value is -2.59. The smallest absolute Gasteiger partial charge is 0.243 e. The number of nitrogens with one attached hydrogen (secondary N) is 1. The first-order valence-electron chi connectivity index (χ1n) is 11.4. The lowest BCUT2D eigenvalue weighted by atomic mass is 9.97. The zero-order valence-corrected chi connectivity index (χ0v) is 20.2. The number of aryl methyl sites for hydroxylation is 1. The molecule has 3 aromatic rings.